The van der Waals surface area contributed by atoms with Crippen molar-refractivity contribution in [1.82, 2.24) is 0 Å². The van der Waals surface area contributed by atoms with Gasteiger partial charge in [-0.25, -0.2) is 0 Å². The van der Waals surface area contributed by atoms with Crippen molar-refractivity contribution < 1.29 is 14.6 Å². The van der Waals surface area contributed by atoms with E-state index < -0.39 is 20.5 Å². The van der Waals surface area contributed by atoms with Gasteiger partial charge in [-0.3, -0.25) is 0 Å². The van der Waals surface area contributed by atoms with Crippen LogP contribution in [0.2, 0.25) is 5.04 Å². The van der Waals surface area contributed by atoms with Crippen LogP contribution in [0.3, 0.4) is 0 Å². The van der Waals surface area contributed by atoms with Crippen LogP contribution in [0.5, 0.6) is 0 Å². The van der Waals surface area contributed by atoms with Crippen molar-refractivity contribution in [2.45, 2.75) is 44.9 Å². The third-order valence-corrected chi connectivity index (χ3v) is 9.64. The number of aliphatic hydroxyl groups excluding tert-OH is 2. The summed E-state index contributed by atoms with van der Waals surface area (Å²) in [6.45, 7) is 8.10. The van der Waals surface area contributed by atoms with Crippen LogP contribution in [-0.2, 0) is 4.43 Å². The molecule has 0 aliphatic carbocycles. The Morgan fingerprint density at radius 1 is 0.917 bits per heavy atom. The van der Waals surface area contributed by atoms with Crippen LogP contribution in [0.1, 0.15) is 27.7 Å². The normalized spacial score (nSPS) is 15.1. The summed E-state index contributed by atoms with van der Waals surface area (Å²) in [6.07, 6.45) is -1.35. The Morgan fingerprint density at radius 3 is 1.67 bits per heavy atom. The molecule has 0 radical (unpaired) electrons. The predicted molar refractivity (Wildman–Crippen MR) is 101 cm³/mol. The second-order valence-electron chi connectivity index (χ2n) is 7.24. The molecule has 0 aliphatic rings. The van der Waals surface area contributed by atoms with E-state index in [0.29, 0.717) is 0 Å². The zero-order valence-electron chi connectivity index (χ0n) is 14.9. The number of rotatable bonds is 6. The molecule has 0 spiro atoms. The Bertz CT molecular complexity index is 583. The van der Waals surface area contributed by atoms with Crippen LogP contribution < -0.4 is 10.4 Å². The summed E-state index contributed by atoms with van der Waals surface area (Å²) < 4.78 is 6.66. The standard InChI is InChI=1S/C20H28O3Si/c1-16(19(22)15-21)23-24(20(2,3)4,17-11-7-5-8-12-17)18-13-9-6-10-14-18/h5-14,16,19,21-22H,15H2,1-4H3. The van der Waals surface area contributed by atoms with Crippen molar-refractivity contribution >= 4 is 18.7 Å². The number of benzene rings is 2. The van der Waals surface area contributed by atoms with E-state index in [2.05, 4.69) is 45.0 Å². The Labute approximate surface area is 146 Å². The lowest BCUT2D eigenvalue weighted by molar-refractivity contribution is 0.00366. The van der Waals surface area contributed by atoms with Gasteiger partial charge in [-0.1, -0.05) is 81.4 Å². The van der Waals surface area contributed by atoms with E-state index in [1.54, 1.807) is 0 Å². The third-order valence-electron chi connectivity index (χ3n) is 4.51. The van der Waals surface area contributed by atoms with Gasteiger partial charge in [0, 0.05) is 0 Å². The molecule has 4 heteroatoms. The molecule has 0 bridgehead atoms. The van der Waals surface area contributed by atoms with Crippen LogP contribution >= 0.6 is 0 Å². The molecule has 0 saturated carbocycles. The number of hydrogen-bond acceptors (Lipinski definition) is 3. The zero-order valence-corrected chi connectivity index (χ0v) is 15.9. The van der Waals surface area contributed by atoms with Gasteiger partial charge in [0.15, 0.2) is 0 Å². The SMILES string of the molecule is CC(O[Si](c1ccccc1)(c1ccccc1)C(C)(C)C)C(O)CO. The molecule has 0 aliphatic heterocycles. The molecule has 24 heavy (non-hydrogen) atoms. The van der Waals surface area contributed by atoms with E-state index in [1.165, 1.54) is 10.4 Å². The highest BCUT2D eigenvalue weighted by Crippen LogP contribution is 2.37. The Hall–Kier alpha value is -1.46. The second kappa shape index (κ2) is 7.62. The monoisotopic (exact) mass is 344 g/mol. The van der Waals surface area contributed by atoms with Crippen molar-refractivity contribution in [3.05, 3.63) is 60.7 Å². The summed E-state index contributed by atoms with van der Waals surface area (Å²) in [5.74, 6) is 0. The molecule has 2 N–H and O–H groups in total. The molecule has 2 atom stereocenters. The lowest BCUT2D eigenvalue weighted by atomic mass is 10.2. The maximum absolute atomic E-state index is 10.1. The molecule has 2 rings (SSSR count). The van der Waals surface area contributed by atoms with Gasteiger partial charge in [-0.15, -0.1) is 0 Å². The van der Waals surface area contributed by atoms with Crippen molar-refractivity contribution in [2.24, 2.45) is 0 Å². The molecule has 0 aromatic heterocycles. The molecule has 2 aromatic carbocycles. The molecule has 130 valence electrons. The Balaban J connectivity index is 2.66. The van der Waals surface area contributed by atoms with E-state index in [0.717, 1.165) is 0 Å². The molecule has 3 nitrogen and oxygen atoms in total. The zero-order chi connectivity index (χ0) is 17.8. The smallest absolute Gasteiger partial charge is 0.261 e. The molecular weight excluding hydrogens is 316 g/mol. The summed E-state index contributed by atoms with van der Waals surface area (Å²) in [6, 6.07) is 20.6. The molecule has 0 heterocycles. The van der Waals surface area contributed by atoms with Gasteiger partial charge in [-0.2, -0.15) is 0 Å². The minimum atomic E-state index is -2.66. The lowest BCUT2D eigenvalue weighted by Gasteiger charge is -2.45. The van der Waals surface area contributed by atoms with Gasteiger partial charge in [0.05, 0.1) is 12.7 Å². The number of aliphatic hydroxyl groups is 2. The van der Waals surface area contributed by atoms with E-state index in [1.807, 2.05) is 43.3 Å². The van der Waals surface area contributed by atoms with Crippen molar-refractivity contribution in [3.8, 4) is 0 Å². The minimum Gasteiger partial charge on any atom is -0.402 e. The van der Waals surface area contributed by atoms with Gasteiger partial charge in [0.25, 0.3) is 8.32 Å². The van der Waals surface area contributed by atoms with Gasteiger partial charge in [-0.05, 0) is 22.3 Å². The first-order valence-electron chi connectivity index (χ1n) is 8.40. The average Bonchev–Trinajstić information content (AvgIpc) is 2.59. The molecule has 2 aromatic rings. The summed E-state index contributed by atoms with van der Waals surface area (Å²) >= 11 is 0. The van der Waals surface area contributed by atoms with Gasteiger partial charge < -0.3 is 14.6 Å². The van der Waals surface area contributed by atoms with E-state index in [-0.39, 0.29) is 11.6 Å². The van der Waals surface area contributed by atoms with Crippen LogP contribution in [0.25, 0.3) is 0 Å². The Morgan fingerprint density at radius 2 is 1.33 bits per heavy atom. The fourth-order valence-corrected chi connectivity index (χ4v) is 7.93. The summed E-state index contributed by atoms with van der Waals surface area (Å²) in [5.41, 5.74) is 0. The first kappa shape index (κ1) is 18.9. The highest BCUT2D eigenvalue weighted by molar-refractivity contribution is 6.99. The Kier molecular flexibility index (Phi) is 5.99. The summed E-state index contributed by atoms with van der Waals surface area (Å²) in [5, 5.41) is 21.6. The largest absolute Gasteiger partial charge is 0.402 e. The van der Waals surface area contributed by atoms with Crippen LogP contribution in [0.15, 0.2) is 60.7 Å². The van der Waals surface area contributed by atoms with Gasteiger partial charge >= 0.3 is 0 Å². The van der Waals surface area contributed by atoms with E-state index in [9.17, 15) is 10.2 Å². The first-order chi connectivity index (χ1) is 11.3. The fraction of sp³-hybridized carbons (Fsp3) is 0.400. The fourth-order valence-electron chi connectivity index (χ4n) is 3.20. The van der Waals surface area contributed by atoms with E-state index in [4.69, 9.17) is 4.43 Å². The second-order valence-corrected chi connectivity index (χ2v) is 11.5. The highest BCUT2D eigenvalue weighted by atomic mass is 28.4. The molecule has 0 fully saturated rings. The van der Waals surface area contributed by atoms with Crippen molar-refractivity contribution in [1.29, 1.82) is 0 Å². The number of hydrogen-bond donors (Lipinski definition) is 2. The predicted octanol–water partition coefficient (Wildman–Crippen LogP) is 2.30. The highest BCUT2D eigenvalue weighted by Gasteiger charge is 2.51. The lowest BCUT2D eigenvalue weighted by Crippen LogP contribution is -2.68. The topological polar surface area (TPSA) is 49.7 Å². The maximum Gasteiger partial charge on any atom is 0.261 e. The maximum atomic E-state index is 10.1. The molecule has 2 unspecified atom stereocenters. The van der Waals surface area contributed by atoms with Crippen molar-refractivity contribution in [2.75, 3.05) is 6.61 Å². The van der Waals surface area contributed by atoms with Crippen molar-refractivity contribution in [3.63, 3.8) is 0 Å². The molecular formula is C20H28O3Si. The quantitative estimate of drug-likeness (QED) is 0.791. The van der Waals surface area contributed by atoms with Gasteiger partial charge in [0.2, 0.25) is 0 Å². The minimum absolute atomic E-state index is 0.140. The summed E-state index contributed by atoms with van der Waals surface area (Å²) in [4.78, 5) is 0. The molecule has 0 saturated heterocycles. The summed E-state index contributed by atoms with van der Waals surface area (Å²) in [7, 11) is -2.66. The van der Waals surface area contributed by atoms with Crippen LogP contribution in [0.4, 0.5) is 0 Å². The molecule has 0 amide bonds. The van der Waals surface area contributed by atoms with E-state index >= 15 is 0 Å². The average molecular weight is 345 g/mol. The van der Waals surface area contributed by atoms with Crippen LogP contribution in [0, 0.1) is 0 Å². The third kappa shape index (κ3) is 3.62. The first-order valence-corrected chi connectivity index (χ1v) is 10.3. The van der Waals surface area contributed by atoms with Crippen LogP contribution in [-0.4, -0.2) is 37.3 Å². The van der Waals surface area contributed by atoms with Gasteiger partial charge in [0.1, 0.15) is 6.10 Å².